The smallest absolute Gasteiger partial charge is 0.319 e. The third-order valence-electron chi connectivity index (χ3n) is 3.30. The van der Waals surface area contributed by atoms with Crippen molar-refractivity contribution >= 4 is 11.7 Å². The first-order valence-electron chi connectivity index (χ1n) is 7.13. The lowest BCUT2D eigenvalue weighted by atomic mass is 10.1. The number of amides is 2. The molecule has 1 aliphatic rings. The number of carbonyl (C=O) groups is 1. The van der Waals surface area contributed by atoms with E-state index in [4.69, 9.17) is 0 Å². The fraction of sp³-hybridized carbons (Fsp3) is 0.533. The minimum absolute atomic E-state index is 0.138. The monoisotopic (exact) mass is 277 g/mol. The average Bonchev–Trinajstić information content (AvgIpc) is 3.20. The molecule has 2 unspecified atom stereocenters. The Morgan fingerprint density at radius 3 is 2.50 bits per heavy atom. The summed E-state index contributed by atoms with van der Waals surface area (Å²) >= 11 is 0. The Morgan fingerprint density at radius 1 is 1.30 bits per heavy atom. The first-order valence-corrected chi connectivity index (χ1v) is 7.13. The predicted molar refractivity (Wildman–Crippen MR) is 79.7 cm³/mol. The van der Waals surface area contributed by atoms with Gasteiger partial charge in [-0.25, -0.2) is 4.79 Å². The lowest BCUT2D eigenvalue weighted by molar-refractivity contribution is 0.187. The Hall–Kier alpha value is -1.59. The van der Waals surface area contributed by atoms with Gasteiger partial charge in [0.2, 0.25) is 0 Å². The van der Waals surface area contributed by atoms with E-state index in [9.17, 15) is 9.90 Å². The van der Waals surface area contributed by atoms with Crippen LogP contribution >= 0.6 is 0 Å². The number of hydrogen-bond donors (Lipinski definition) is 4. The van der Waals surface area contributed by atoms with Crippen molar-refractivity contribution in [3.05, 3.63) is 29.8 Å². The molecule has 2 rings (SSSR count). The van der Waals surface area contributed by atoms with Crippen molar-refractivity contribution in [2.24, 2.45) is 0 Å². The summed E-state index contributed by atoms with van der Waals surface area (Å²) in [4.78, 5) is 11.6. The second kappa shape index (κ2) is 6.72. The molecule has 0 saturated heterocycles. The van der Waals surface area contributed by atoms with Crippen molar-refractivity contribution in [2.75, 3.05) is 11.9 Å². The number of nitrogens with one attached hydrogen (secondary N) is 3. The maximum atomic E-state index is 11.6. The van der Waals surface area contributed by atoms with E-state index in [0.29, 0.717) is 12.6 Å². The van der Waals surface area contributed by atoms with Crippen molar-refractivity contribution in [3.63, 3.8) is 0 Å². The summed E-state index contributed by atoms with van der Waals surface area (Å²) in [5.41, 5.74) is 1.91. The second-order valence-corrected chi connectivity index (χ2v) is 5.47. The molecule has 0 bridgehead atoms. The molecule has 1 aromatic carbocycles. The first-order chi connectivity index (χ1) is 9.54. The molecule has 0 radical (unpaired) electrons. The average molecular weight is 277 g/mol. The van der Waals surface area contributed by atoms with Crippen molar-refractivity contribution in [1.29, 1.82) is 0 Å². The molecule has 0 aliphatic heterocycles. The highest BCUT2D eigenvalue weighted by Gasteiger charge is 2.23. The molecule has 5 heteroatoms. The Kier molecular flexibility index (Phi) is 4.98. The van der Waals surface area contributed by atoms with E-state index in [1.54, 1.807) is 6.92 Å². The predicted octanol–water partition coefficient (Wildman–Crippen LogP) is 2.00. The maximum absolute atomic E-state index is 11.6. The number of rotatable bonds is 6. The SMILES string of the molecule is CC(O)CNC(C)c1ccc(NC(=O)NC2CC2)cc1. The number of urea groups is 1. The van der Waals surface area contributed by atoms with Crippen molar-refractivity contribution in [2.45, 2.75) is 44.9 Å². The Labute approximate surface area is 119 Å². The quantitative estimate of drug-likeness (QED) is 0.642. The highest BCUT2D eigenvalue weighted by atomic mass is 16.3. The molecule has 20 heavy (non-hydrogen) atoms. The van der Waals surface area contributed by atoms with Crippen LogP contribution in [-0.4, -0.2) is 29.8 Å². The Balaban J connectivity index is 1.83. The zero-order valence-corrected chi connectivity index (χ0v) is 12.0. The Morgan fingerprint density at radius 2 is 1.95 bits per heavy atom. The van der Waals surface area contributed by atoms with E-state index in [1.807, 2.05) is 31.2 Å². The molecule has 1 aliphatic carbocycles. The third-order valence-corrected chi connectivity index (χ3v) is 3.30. The van der Waals surface area contributed by atoms with Crippen LogP contribution in [0, 0.1) is 0 Å². The van der Waals surface area contributed by atoms with Crippen LogP contribution in [0.3, 0.4) is 0 Å². The zero-order chi connectivity index (χ0) is 14.5. The van der Waals surface area contributed by atoms with Gasteiger partial charge in [-0.2, -0.15) is 0 Å². The van der Waals surface area contributed by atoms with E-state index in [-0.39, 0.29) is 18.2 Å². The highest BCUT2D eigenvalue weighted by Crippen LogP contribution is 2.19. The molecule has 5 nitrogen and oxygen atoms in total. The zero-order valence-electron chi connectivity index (χ0n) is 12.0. The van der Waals surface area contributed by atoms with Crippen LogP contribution in [0.2, 0.25) is 0 Å². The summed E-state index contributed by atoms with van der Waals surface area (Å²) in [7, 11) is 0. The molecule has 110 valence electrons. The fourth-order valence-electron chi connectivity index (χ4n) is 1.90. The topological polar surface area (TPSA) is 73.4 Å². The van der Waals surface area contributed by atoms with Gasteiger partial charge in [-0.15, -0.1) is 0 Å². The molecule has 0 spiro atoms. The number of aliphatic hydroxyl groups is 1. The molecule has 1 saturated carbocycles. The van der Waals surface area contributed by atoms with Gasteiger partial charge >= 0.3 is 6.03 Å². The van der Waals surface area contributed by atoms with Crippen molar-refractivity contribution in [3.8, 4) is 0 Å². The van der Waals surface area contributed by atoms with Crippen LogP contribution < -0.4 is 16.0 Å². The van der Waals surface area contributed by atoms with Gasteiger partial charge in [-0.3, -0.25) is 0 Å². The largest absolute Gasteiger partial charge is 0.392 e. The highest BCUT2D eigenvalue weighted by molar-refractivity contribution is 5.89. The van der Waals surface area contributed by atoms with Gasteiger partial charge < -0.3 is 21.1 Å². The van der Waals surface area contributed by atoms with Gasteiger partial charge in [-0.1, -0.05) is 12.1 Å². The van der Waals surface area contributed by atoms with E-state index in [0.717, 1.165) is 24.1 Å². The molecule has 1 aromatic rings. The number of benzene rings is 1. The standard InChI is InChI=1S/C15H23N3O2/c1-10(19)9-16-11(2)12-3-5-13(6-4-12)17-15(20)18-14-7-8-14/h3-6,10-11,14,16,19H,7-9H2,1-2H3,(H2,17,18,20). The third kappa shape index (κ3) is 4.83. The minimum atomic E-state index is -0.357. The normalized spacial score (nSPS) is 17.4. The maximum Gasteiger partial charge on any atom is 0.319 e. The van der Waals surface area contributed by atoms with Crippen LogP contribution in [0.5, 0.6) is 0 Å². The second-order valence-electron chi connectivity index (χ2n) is 5.47. The molecular weight excluding hydrogens is 254 g/mol. The van der Waals surface area contributed by atoms with Gasteiger partial charge in [0.1, 0.15) is 0 Å². The number of anilines is 1. The van der Waals surface area contributed by atoms with Crippen LogP contribution in [0.4, 0.5) is 10.5 Å². The molecule has 4 N–H and O–H groups in total. The van der Waals surface area contributed by atoms with Gasteiger partial charge in [0, 0.05) is 24.3 Å². The van der Waals surface area contributed by atoms with Crippen LogP contribution in [0.25, 0.3) is 0 Å². The first kappa shape index (κ1) is 14.8. The number of carbonyl (C=O) groups excluding carboxylic acids is 1. The summed E-state index contributed by atoms with van der Waals surface area (Å²) in [6.07, 6.45) is 1.81. The van der Waals surface area contributed by atoms with E-state index < -0.39 is 0 Å². The minimum Gasteiger partial charge on any atom is -0.392 e. The van der Waals surface area contributed by atoms with Gasteiger partial charge in [0.15, 0.2) is 0 Å². The molecular formula is C15H23N3O2. The Bertz CT molecular complexity index is 441. The number of aliphatic hydroxyl groups excluding tert-OH is 1. The lowest BCUT2D eigenvalue weighted by Gasteiger charge is -2.16. The summed E-state index contributed by atoms with van der Waals surface area (Å²) in [5, 5.41) is 18.2. The van der Waals surface area contributed by atoms with Crippen LogP contribution in [-0.2, 0) is 0 Å². The lowest BCUT2D eigenvalue weighted by Crippen LogP contribution is -2.30. The van der Waals surface area contributed by atoms with E-state index >= 15 is 0 Å². The summed E-state index contributed by atoms with van der Waals surface area (Å²) in [6, 6.07) is 8.13. The molecule has 2 atom stereocenters. The van der Waals surface area contributed by atoms with Crippen molar-refractivity contribution < 1.29 is 9.90 Å². The summed E-state index contributed by atoms with van der Waals surface area (Å²) in [6.45, 7) is 4.36. The summed E-state index contributed by atoms with van der Waals surface area (Å²) < 4.78 is 0. The molecule has 0 aromatic heterocycles. The van der Waals surface area contributed by atoms with E-state index in [1.165, 1.54) is 0 Å². The van der Waals surface area contributed by atoms with E-state index in [2.05, 4.69) is 16.0 Å². The van der Waals surface area contributed by atoms with Crippen LogP contribution in [0.15, 0.2) is 24.3 Å². The van der Waals surface area contributed by atoms with Gasteiger partial charge in [0.25, 0.3) is 0 Å². The fourth-order valence-corrected chi connectivity index (χ4v) is 1.90. The van der Waals surface area contributed by atoms with Gasteiger partial charge in [-0.05, 0) is 44.4 Å². The van der Waals surface area contributed by atoms with Crippen molar-refractivity contribution in [1.82, 2.24) is 10.6 Å². The van der Waals surface area contributed by atoms with Gasteiger partial charge in [0.05, 0.1) is 6.10 Å². The van der Waals surface area contributed by atoms with Crippen LogP contribution in [0.1, 0.15) is 38.3 Å². The molecule has 2 amide bonds. The molecule has 1 fully saturated rings. The summed E-state index contributed by atoms with van der Waals surface area (Å²) in [5.74, 6) is 0. The molecule has 0 heterocycles. The number of hydrogen-bond acceptors (Lipinski definition) is 3.